The van der Waals surface area contributed by atoms with Crippen LogP contribution in [0.15, 0.2) is 22.8 Å². The molecule has 5 nitrogen and oxygen atoms in total. The van der Waals surface area contributed by atoms with Gasteiger partial charge in [-0.15, -0.1) is 0 Å². The van der Waals surface area contributed by atoms with E-state index in [0.29, 0.717) is 16.8 Å². The Morgan fingerprint density at radius 2 is 2.00 bits per heavy atom. The quantitative estimate of drug-likeness (QED) is 0.834. The summed E-state index contributed by atoms with van der Waals surface area (Å²) in [7, 11) is 2.14. The van der Waals surface area contributed by atoms with Crippen LogP contribution in [0.4, 0.5) is 0 Å². The average Bonchev–Trinajstić information content (AvgIpc) is 2.45. The number of pyridine rings is 1. The van der Waals surface area contributed by atoms with Gasteiger partial charge in [0.05, 0.1) is 0 Å². The number of carbonyl (C=O) groups is 1. The molecule has 1 aliphatic heterocycles. The number of piperazine rings is 1. The van der Waals surface area contributed by atoms with Gasteiger partial charge >= 0.3 is 0 Å². The van der Waals surface area contributed by atoms with E-state index in [9.17, 15) is 4.79 Å². The van der Waals surface area contributed by atoms with Crippen molar-refractivity contribution in [2.24, 2.45) is 0 Å². The van der Waals surface area contributed by atoms with Crippen LogP contribution in [0.25, 0.3) is 0 Å². The van der Waals surface area contributed by atoms with Gasteiger partial charge < -0.3 is 10.2 Å². The van der Waals surface area contributed by atoms with Crippen molar-refractivity contribution < 1.29 is 4.79 Å². The highest BCUT2D eigenvalue weighted by molar-refractivity contribution is 9.10. The van der Waals surface area contributed by atoms with Crippen LogP contribution in [-0.2, 0) is 0 Å². The molecule has 0 aliphatic carbocycles. The zero-order chi connectivity index (χ0) is 15.5. The van der Waals surface area contributed by atoms with Crippen molar-refractivity contribution in [3.8, 4) is 0 Å². The molecule has 0 unspecified atom stereocenters. The van der Waals surface area contributed by atoms with Crippen molar-refractivity contribution in [3.63, 3.8) is 0 Å². The van der Waals surface area contributed by atoms with Gasteiger partial charge in [0, 0.05) is 38.3 Å². The highest BCUT2D eigenvalue weighted by Crippen LogP contribution is 2.16. The Kier molecular flexibility index (Phi) is 5.35. The number of nitrogens with zero attached hydrogens (tertiary/aromatic N) is 3. The molecule has 2 heterocycles. The summed E-state index contributed by atoms with van der Waals surface area (Å²) < 4.78 is 0.675. The molecule has 0 spiro atoms. The second-order valence-corrected chi connectivity index (χ2v) is 6.94. The van der Waals surface area contributed by atoms with E-state index in [4.69, 9.17) is 0 Å². The third-order valence-corrected chi connectivity index (χ3v) is 4.43. The van der Waals surface area contributed by atoms with Crippen LogP contribution >= 0.6 is 15.9 Å². The molecule has 0 radical (unpaired) electrons. The van der Waals surface area contributed by atoms with E-state index < -0.39 is 0 Å². The lowest BCUT2D eigenvalue weighted by Gasteiger charge is -2.43. The number of rotatable bonds is 4. The second-order valence-electron chi connectivity index (χ2n) is 6.13. The van der Waals surface area contributed by atoms with E-state index in [1.807, 2.05) is 12.1 Å². The van der Waals surface area contributed by atoms with Crippen LogP contribution in [-0.4, -0.2) is 66.0 Å². The minimum atomic E-state index is -0.126. The van der Waals surface area contributed by atoms with E-state index in [0.717, 1.165) is 26.2 Å². The summed E-state index contributed by atoms with van der Waals surface area (Å²) in [4.78, 5) is 21.1. The van der Waals surface area contributed by atoms with Gasteiger partial charge in [-0.1, -0.05) is 6.07 Å². The maximum absolute atomic E-state index is 12.2. The summed E-state index contributed by atoms with van der Waals surface area (Å²) in [6.07, 6.45) is 0. The topological polar surface area (TPSA) is 48.5 Å². The van der Waals surface area contributed by atoms with Gasteiger partial charge in [-0.2, -0.15) is 0 Å². The van der Waals surface area contributed by atoms with Crippen molar-refractivity contribution in [2.45, 2.75) is 19.4 Å². The van der Waals surface area contributed by atoms with E-state index in [1.54, 1.807) is 6.07 Å². The molecule has 1 fully saturated rings. The molecule has 0 aromatic carbocycles. The first-order valence-corrected chi connectivity index (χ1v) is 8.02. The summed E-state index contributed by atoms with van der Waals surface area (Å²) in [5.41, 5.74) is 0.390. The number of nitrogens with one attached hydrogen (secondary N) is 1. The smallest absolute Gasteiger partial charge is 0.269 e. The molecule has 6 heteroatoms. The lowest BCUT2D eigenvalue weighted by Crippen LogP contribution is -2.57. The van der Waals surface area contributed by atoms with Crippen LogP contribution < -0.4 is 5.32 Å². The van der Waals surface area contributed by atoms with E-state index >= 15 is 0 Å². The average molecular weight is 355 g/mol. The van der Waals surface area contributed by atoms with Gasteiger partial charge in [-0.3, -0.25) is 9.69 Å². The van der Waals surface area contributed by atoms with Crippen molar-refractivity contribution in [1.82, 2.24) is 20.1 Å². The molecule has 1 aliphatic rings. The fraction of sp³-hybridized carbons (Fsp3) is 0.600. The SMILES string of the molecule is CN1CCN(C(C)(C)CNC(=O)c2cccc(Br)n2)CC1. The maximum atomic E-state index is 12.2. The summed E-state index contributed by atoms with van der Waals surface area (Å²) in [5.74, 6) is -0.126. The van der Waals surface area contributed by atoms with Gasteiger partial charge in [0.25, 0.3) is 5.91 Å². The van der Waals surface area contributed by atoms with Gasteiger partial charge in [-0.05, 0) is 49.0 Å². The highest BCUT2D eigenvalue weighted by atomic mass is 79.9. The number of amides is 1. The molecule has 1 N–H and O–H groups in total. The first-order chi connectivity index (χ1) is 9.88. The third kappa shape index (κ3) is 4.49. The Balaban J connectivity index is 1.90. The molecule has 1 saturated heterocycles. The van der Waals surface area contributed by atoms with Gasteiger partial charge in [0.2, 0.25) is 0 Å². The first kappa shape index (κ1) is 16.4. The zero-order valence-corrected chi connectivity index (χ0v) is 14.5. The number of hydrogen-bond acceptors (Lipinski definition) is 4. The van der Waals surface area contributed by atoms with Crippen LogP contribution in [0.2, 0.25) is 0 Å². The lowest BCUT2D eigenvalue weighted by molar-refractivity contribution is 0.0587. The number of hydrogen-bond donors (Lipinski definition) is 1. The van der Waals surface area contributed by atoms with Crippen molar-refractivity contribution in [1.29, 1.82) is 0 Å². The van der Waals surface area contributed by atoms with Crippen molar-refractivity contribution in [2.75, 3.05) is 39.8 Å². The van der Waals surface area contributed by atoms with E-state index in [2.05, 4.69) is 56.9 Å². The monoisotopic (exact) mass is 354 g/mol. The molecule has 1 aromatic rings. The molecule has 1 amide bonds. The van der Waals surface area contributed by atoms with Crippen LogP contribution in [0.1, 0.15) is 24.3 Å². The fourth-order valence-electron chi connectivity index (χ4n) is 2.45. The summed E-state index contributed by atoms with van der Waals surface area (Å²) >= 11 is 3.29. The van der Waals surface area contributed by atoms with Crippen molar-refractivity contribution in [3.05, 3.63) is 28.5 Å². The number of aromatic nitrogens is 1. The lowest BCUT2D eigenvalue weighted by atomic mass is 10.0. The van der Waals surface area contributed by atoms with Gasteiger partial charge in [0.1, 0.15) is 10.3 Å². The molecule has 0 saturated carbocycles. The minimum absolute atomic E-state index is 0.0526. The van der Waals surface area contributed by atoms with Crippen LogP contribution in [0.5, 0.6) is 0 Å². The molecular weight excluding hydrogens is 332 g/mol. The number of carbonyl (C=O) groups excluding carboxylic acids is 1. The molecule has 1 aromatic heterocycles. The summed E-state index contributed by atoms with van der Waals surface area (Å²) in [6.45, 7) is 9.18. The van der Waals surface area contributed by atoms with Gasteiger partial charge in [-0.25, -0.2) is 4.98 Å². The Bertz CT molecular complexity index is 498. The minimum Gasteiger partial charge on any atom is -0.349 e. The molecule has 0 atom stereocenters. The van der Waals surface area contributed by atoms with Crippen molar-refractivity contribution >= 4 is 21.8 Å². The fourth-order valence-corrected chi connectivity index (χ4v) is 2.79. The predicted molar refractivity (Wildman–Crippen MR) is 87.4 cm³/mol. The number of likely N-dealkylation sites (N-methyl/N-ethyl adjacent to an activating group) is 1. The number of halogens is 1. The molecule has 21 heavy (non-hydrogen) atoms. The predicted octanol–water partition coefficient (Wildman–Crippen LogP) is 1.60. The highest BCUT2D eigenvalue weighted by Gasteiger charge is 2.29. The largest absolute Gasteiger partial charge is 0.349 e. The Labute approximate surface area is 134 Å². The molecular formula is C15H23BrN4O. The van der Waals surface area contributed by atoms with Gasteiger partial charge in [0.15, 0.2) is 0 Å². The molecule has 2 rings (SSSR count). The summed E-state index contributed by atoms with van der Waals surface area (Å²) in [6, 6.07) is 5.35. The Hall–Kier alpha value is -0.980. The van der Waals surface area contributed by atoms with Crippen LogP contribution in [0.3, 0.4) is 0 Å². The third-order valence-electron chi connectivity index (χ3n) is 3.99. The zero-order valence-electron chi connectivity index (χ0n) is 12.9. The molecule has 116 valence electrons. The van der Waals surface area contributed by atoms with Crippen LogP contribution in [0, 0.1) is 0 Å². The standard InChI is InChI=1S/C15H23BrN4O/c1-15(2,20-9-7-19(3)8-10-20)11-17-14(21)12-5-4-6-13(16)18-12/h4-6H,7-11H2,1-3H3,(H,17,21). The maximum Gasteiger partial charge on any atom is 0.269 e. The van der Waals surface area contributed by atoms with E-state index in [1.165, 1.54) is 0 Å². The van der Waals surface area contributed by atoms with E-state index in [-0.39, 0.29) is 11.4 Å². The second kappa shape index (κ2) is 6.85. The normalized spacial score (nSPS) is 17.7. The Morgan fingerprint density at radius 3 is 2.62 bits per heavy atom. The molecule has 0 bridgehead atoms. The Morgan fingerprint density at radius 1 is 1.33 bits per heavy atom. The first-order valence-electron chi connectivity index (χ1n) is 7.23. The summed E-state index contributed by atoms with van der Waals surface area (Å²) in [5, 5.41) is 3.00.